The van der Waals surface area contributed by atoms with Crippen LogP contribution < -0.4 is 5.32 Å². The van der Waals surface area contributed by atoms with E-state index < -0.39 is 12.1 Å². The molecule has 1 aromatic heterocycles. The molecule has 0 radical (unpaired) electrons. The molecule has 0 bridgehead atoms. The number of nitrogens with zero attached hydrogens (tertiary/aromatic N) is 2. The van der Waals surface area contributed by atoms with Crippen molar-refractivity contribution in [2.45, 2.75) is 25.0 Å². The van der Waals surface area contributed by atoms with Crippen LogP contribution in [-0.4, -0.2) is 27.5 Å². The van der Waals surface area contributed by atoms with E-state index >= 15 is 0 Å². The smallest absolute Gasteiger partial charge is 0.358 e. The molecule has 1 aliphatic rings. The maximum absolute atomic E-state index is 13.2. The van der Waals surface area contributed by atoms with E-state index in [1.54, 1.807) is 24.3 Å². The summed E-state index contributed by atoms with van der Waals surface area (Å²) in [4.78, 5) is 29.5. The van der Waals surface area contributed by atoms with Gasteiger partial charge in [-0.1, -0.05) is 30.3 Å². The van der Waals surface area contributed by atoms with Gasteiger partial charge in [0.25, 0.3) is 5.91 Å². The third kappa shape index (κ3) is 3.93. The summed E-state index contributed by atoms with van der Waals surface area (Å²) in [6, 6.07) is 14.6. The Hall–Kier alpha value is -3.48. The lowest BCUT2D eigenvalue weighted by molar-refractivity contribution is -0.130. The third-order valence-corrected chi connectivity index (χ3v) is 4.44. The van der Waals surface area contributed by atoms with Crippen molar-refractivity contribution in [3.05, 3.63) is 84.2 Å². The van der Waals surface area contributed by atoms with Crippen LogP contribution in [0.2, 0.25) is 0 Å². The number of hydrogen-bond donors (Lipinski definition) is 1. The number of imidazole rings is 1. The summed E-state index contributed by atoms with van der Waals surface area (Å²) in [7, 11) is 0. The number of ether oxygens (including phenoxy) is 1. The highest BCUT2D eigenvalue weighted by Crippen LogP contribution is 2.24. The van der Waals surface area contributed by atoms with E-state index in [9.17, 15) is 14.0 Å². The Morgan fingerprint density at radius 1 is 1.11 bits per heavy atom. The van der Waals surface area contributed by atoms with Gasteiger partial charge >= 0.3 is 5.97 Å². The van der Waals surface area contributed by atoms with E-state index in [1.807, 2.05) is 6.07 Å². The number of amides is 1. The Kier molecular flexibility index (Phi) is 4.89. The maximum atomic E-state index is 13.2. The first-order valence-corrected chi connectivity index (χ1v) is 8.96. The van der Waals surface area contributed by atoms with Gasteiger partial charge in [-0.05, 0) is 37.1 Å². The van der Waals surface area contributed by atoms with Crippen LogP contribution in [0, 0.1) is 5.82 Å². The molecule has 1 saturated carbocycles. The largest absolute Gasteiger partial charge is 0.443 e. The van der Waals surface area contributed by atoms with Gasteiger partial charge in [-0.2, -0.15) is 0 Å². The van der Waals surface area contributed by atoms with Crippen LogP contribution >= 0.6 is 0 Å². The molecule has 1 aliphatic carbocycles. The van der Waals surface area contributed by atoms with Crippen LogP contribution in [0.1, 0.15) is 35.0 Å². The van der Waals surface area contributed by atoms with E-state index in [4.69, 9.17) is 4.74 Å². The molecule has 0 saturated heterocycles. The number of nitrogens with one attached hydrogen (secondary N) is 1. The average molecular weight is 379 g/mol. The molecule has 4 rings (SSSR count). The van der Waals surface area contributed by atoms with Crippen molar-refractivity contribution in [3.63, 3.8) is 0 Å². The zero-order valence-electron chi connectivity index (χ0n) is 14.9. The van der Waals surface area contributed by atoms with Gasteiger partial charge in [-0.25, -0.2) is 14.2 Å². The molecular weight excluding hydrogens is 361 g/mol. The van der Waals surface area contributed by atoms with Crippen LogP contribution in [-0.2, 0) is 9.53 Å². The molecule has 1 atom stereocenters. The van der Waals surface area contributed by atoms with Gasteiger partial charge in [0, 0.05) is 17.3 Å². The van der Waals surface area contributed by atoms with Crippen LogP contribution in [0.25, 0.3) is 5.69 Å². The van der Waals surface area contributed by atoms with Gasteiger partial charge in [0.15, 0.2) is 5.69 Å². The topological polar surface area (TPSA) is 73.2 Å². The fraction of sp³-hybridized carbons (Fsp3) is 0.190. The quantitative estimate of drug-likeness (QED) is 0.668. The summed E-state index contributed by atoms with van der Waals surface area (Å²) in [5, 5.41) is 2.88. The summed E-state index contributed by atoms with van der Waals surface area (Å²) < 4.78 is 20.2. The molecule has 7 heteroatoms. The lowest BCUT2D eigenvalue weighted by Crippen LogP contribution is -2.33. The van der Waals surface area contributed by atoms with Crippen molar-refractivity contribution < 1.29 is 18.7 Å². The minimum absolute atomic E-state index is 0.141. The Morgan fingerprint density at radius 3 is 2.50 bits per heavy atom. The van der Waals surface area contributed by atoms with Crippen molar-refractivity contribution in [2.75, 3.05) is 0 Å². The first kappa shape index (κ1) is 17.9. The summed E-state index contributed by atoms with van der Waals surface area (Å²) in [5.74, 6) is -1.43. The number of carbonyl (C=O) groups excluding carboxylic acids is 2. The Bertz CT molecular complexity index is 982. The average Bonchev–Trinajstić information content (AvgIpc) is 3.38. The van der Waals surface area contributed by atoms with Crippen molar-refractivity contribution in [3.8, 4) is 5.69 Å². The fourth-order valence-electron chi connectivity index (χ4n) is 2.83. The Morgan fingerprint density at radius 2 is 1.82 bits per heavy atom. The number of rotatable bonds is 6. The standard InChI is InChI=1S/C21H18FN3O3/c22-15-6-10-17(11-7-15)25-13-23-12-18(25)21(27)28-19(14-4-2-1-3-5-14)20(26)24-16-8-9-16/h1-7,10-13,16,19H,8-9H2,(H,24,26)/t19-/m1/s1. The number of benzene rings is 2. The first-order chi connectivity index (χ1) is 13.6. The minimum atomic E-state index is -1.06. The van der Waals surface area contributed by atoms with Gasteiger partial charge in [-0.15, -0.1) is 0 Å². The van der Waals surface area contributed by atoms with E-state index in [-0.39, 0.29) is 23.5 Å². The number of hydrogen-bond acceptors (Lipinski definition) is 4. The van der Waals surface area contributed by atoms with E-state index in [0.717, 1.165) is 12.8 Å². The zero-order valence-corrected chi connectivity index (χ0v) is 14.9. The van der Waals surface area contributed by atoms with Crippen molar-refractivity contribution in [1.82, 2.24) is 14.9 Å². The van der Waals surface area contributed by atoms with Gasteiger partial charge in [0.2, 0.25) is 6.10 Å². The molecule has 28 heavy (non-hydrogen) atoms. The number of esters is 1. The molecule has 2 aromatic carbocycles. The predicted octanol–water partition coefficient (Wildman–Crippen LogP) is 3.19. The highest BCUT2D eigenvalue weighted by atomic mass is 19.1. The number of halogens is 1. The molecular formula is C21H18FN3O3. The summed E-state index contributed by atoms with van der Waals surface area (Å²) in [6.07, 6.45) is 3.58. The zero-order chi connectivity index (χ0) is 19.5. The Balaban J connectivity index is 1.59. The van der Waals surface area contributed by atoms with Crippen molar-refractivity contribution in [2.24, 2.45) is 0 Å². The fourth-order valence-corrected chi connectivity index (χ4v) is 2.83. The van der Waals surface area contributed by atoms with Crippen LogP contribution in [0.4, 0.5) is 4.39 Å². The van der Waals surface area contributed by atoms with E-state index in [0.29, 0.717) is 11.3 Å². The minimum Gasteiger partial charge on any atom is -0.443 e. The van der Waals surface area contributed by atoms with Crippen LogP contribution in [0.3, 0.4) is 0 Å². The SMILES string of the molecule is O=C(O[C@@H](C(=O)NC1CC1)c1ccccc1)c1cncn1-c1ccc(F)cc1. The molecule has 1 amide bonds. The normalized spacial score (nSPS) is 14.3. The Labute approximate surface area is 161 Å². The van der Waals surface area contributed by atoms with Crippen molar-refractivity contribution in [1.29, 1.82) is 0 Å². The summed E-state index contributed by atoms with van der Waals surface area (Å²) >= 11 is 0. The first-order valence-electron chi connectivity index (χ1n) is 8.96. The lowest BCUT2D eigenvalue weighted by Gasteiger charge is -2.18. The highest BCUT2D eigenvalue weighted by Gasteiger charge is 2.31. The second kappa shape index (κ2) is 7.64. The molecule has 6 nitrogen and oxygen atoms in total. The second-order valence-corrected chi connectivity index (χ2v) is 6.60. The predicted molar refractivity (Wildman–Crippen MR) is 99.3 cm³/mol. The molecule has 1 heterocycles. The molecule has 142 valence electrons. The van der Waals surface area contributed by atoms with Gasteiger partial charge in [0.05, 0.1) is 12.5 Å². The number of carbonyl (C=O) groups is 2. The van der Waals surface area contributed by atoms with Gasteiger partial charge < -0.3 is 10.1 Å². The van der Waals surface area contributed by atoms with Crippen LogP contribution in [0.15, 0.2) is 67.1 Å². The molecule has 0 aliphatic heterocycles. The monoisotopic (exact) mass is 379 g/mol. The molecule has 3 aromatic rings. The third-order valence-electron chi connectivity index (χ3n) is 4.44. The van der Waals surface area contributed by atoms with Crippen LogP contribution in [0.5, 0.6) is 0 Å². The van der Waals surface area contributed by atoms with Crippen molar-refractivity contribution >= 4 is 11.9 Å². The second-order valence-electron chi connectivity index (χ2n) is 6.60. The van der Waals surface area contributed by atoms with Gasteiger partial charge in [-0.3, -0.25) is 9.36 Å². The van der Waals surface area contributed by atoms with E-state index in [1.165, 1.54) is 41.4 Å². The highest BCUT2D eigenvalue weighted by molar-refractivity contribution is 5.92. The molecule has 0 unspecified atom stereocenters. The van der Waals surface area contributed by atoms with Gasteiger partial charge in [0.1, 0.15) is 5.82 Å². The summed E-state index contributed by atoms with van der Waals surface area (Å²) in [6.45, 7) is 0. The summed E-state index contributed by atoms with van der Waals surface area (Å²) in [5.41, 5.74) is 1.29. The lowest BCUT2D eigenvalue weighted by atomic mass is 10.1. The molecule has 1 fully saturated rings. The molecule has 0 spiro atoms. The van der Waals surface area contributed by atoms with E-state index in [2.05, 4.69) is 10.3 Å². The number of aromatic nitrogens is 2. The maximum Gasteiger partial charge on any atom is 0.358 e. The molecule has 1 N–H and O–H groups in total.